The molecule has 3 rings (SSSR count). The van der Waals surface area contributed by atoms with E-state index < -0.39 is 0 Å². The van der Waals surface area contributed by atoms with Gasteiger partial charge in [-0.05, 0) is 61.2 Å². The van der Waals surface area contributed by atoms with Gasteiger partial charge in [0.05, 0.1) is 5.69 Å². The molecule has 2 aromatic rings. The van der Waals surface area contributed by atoms with E-state index in [4.69, 9.17) is 27.9 Å². The van der Waals surface area contributed by atoms with Gasteiger partial charge in [-0.1, -0.05) is 55.6 Å². The number of amides is 1. The van der Waals surface area contributed by atoms with Gasteiger partial charge in [-0.3, -0.25) is 4.79 Å². The highest BCUT2D eigenvalue weighted by atomic mass is 35.5. The molecular formula is C25H29Cl2N3O2. The van der Waals surface area contributed by atoms with Crippen LogP contribution in [0.5, 0.6) is 11.6 Å². The minimum absolute atomic E-state index is 0.0623. The van der Waals surface area contributed by atoms with Crippen LogP contribution in [0.1, 0.15) is 38.8 Å². The van der Waals surface area contributed by atoms with Gasteiger partial charge in [-0.25, -0.2) is 4.98 Å². The first-order valence-corrected chi connectivity index (χ1v) is 11.7. The molecule has 1 aromatic carbocycles. The number of halogens is 2. The van der Waals surface area contributed by atoms with Gasteiger partial charge in [0.15, 0.2) is 0 Å². The monoisotopic (exact) mass is 473 g/mol. The predicted octanol–water partition coefficient (Wildman–Crippen LogP) is 6.04. The first kappa shape index (κ1) is 24.3. The van der Waals surface area contributed by atoms with Crippen molar-refractivity contribution in [2.75, 3.05) is 19.6 Å². The fourth-order valence-corrected chi connectivity index (χ4v) is 3.92. The lowest BCUT2D eigenvalue weighted by atomic mass is 9.87. The van der Waals surface area contributed by atoms with Gasteiger partial charge in [0, 0.05) is 34.8 Å². The Morgan fingerprint density at radius 1 is 1.16 bits per heavy atom. The largest absolute Gasteiger partial charge is 0.439 e. The van der Waals surface area contributed by atoms with Crippen LogP contribution in [0.2, 0.25) is 10.0 Å². The Morgan fingerprint density at radius 2 is 1.94 bits per heavy atom. The third kappa shape index (κ3) is 7.09. The average Bonchev–Trinajstić information content (AvgIpc) is 2.76. The standard InChI is InChI=1S/C25H29Cl2N3O2/c1-3-4-10-28-11-12-29-25(31)18-9-8-17(2)22(13-18)23-6-5-7-24(30-23)32-21-15-19(26)14-20(27)16-21/h5-7,9,13-17,28H,3-4,8,10-12H2,1-2H3,(H,29,31)/t17-/m0/s1. The number of nitrogens with zero attached hydrogens (tertiary/aromatic N) is 1. The zero-order chi connectivity index (χ0) is 22.9. The van der Waals surface area contributed by atoms with Gasteiger partial charge < -0.3 is 15.4 Å². The minimum atomic E-state index is -0.0623. The van der Waals surface area contributed by atoms with Gasteiger partial charge >= 0.3 is 0 Å². The van der Waals surface area contributed by atoms with E-state index in [1.165, 1.54) is 0 Å². The van der Waals surface area contributed by atoms with E-state index in [-0.39, 0.29) is 11.8 Å². The number of benzene rings is 1. The van der Waals surface area contributed by atoms with Crippen LogP contribution in [0.3, 0.4) is 0 Å². The van der Waals surface area contributed by atoms with Crippen molar-refractivity contribution in [3.63, 3.8) is 0 Å². The summed E-state index contributed by atoms with van der Waals surface area (Å²) in [7, 11) is 0. The van der Waals surface area contributed by atoms with Crippen molar-refractivity contribution in [1.29, 1.82) is 0 Å². The first-order chi connectivity index (χ1) is 15.5. The maximum atomic E-state index is 12.6. The molecular weight excluding hydrogens is 445 g/mol. The number of nitrogens with one attached hydrogen (secondary N) is 2. The van der Waals surface area contributed by atoms with Crippen LogP contribution in [0.4, 0.5) is 0 Å². The van der Waals surface area contributed by atoms with E-state index in [1.807, 2.05) is 24.3 Å². The second kappa shape index (κ2) is 12.0. The molecule has 0 saturated carbocycles. The molecule has 170 valence electrons. The van der Waals surface area contributed by atoms with E-state index in [1.54, 1.807) is 24.3 Å². The summed E-state index contributed by atoms with van der Waals surface area (Å²) in [6.07, 6.45) is 6.99. The van der Waals surface area contributed by atoms with Crippen LogP contribution >= 0.6 is 23.2 Å². The Kier molecular flexibility index (Phi) is 9.15. The van der Waals surface area contributed by atoms with Crippen molar-refractivity contribution in [3.05, 3.63) is 69.9 Å². The zero-order valence-corrected chi connectivity index (χ0v) is 20.0. The van der Waals surface area contributed by atoms with Crippen molar-refractivity contribution < 1.29 is 9.53 Å². The summed E-state index contributed by atoms with van der Waals surface area (Å²) in [5.74, 6) is 1.14. The number of hydrogen-bond donors (Lipinski definition) is 2. The Hall–Kier alpha value is -2.34. The van der Waals surface area contributed by atoms with Crippen LogP contribution in [-0.4, -0.2) is 30.5 Å². The summed E-state index contributed by atoms with van der Waals surface area (Å²) >= 11 is 12.1. The van der Waals surface area contributed by atoms with E-state index >= 15 is 0 Å². The molecule has 0 radical (unpaired) electrons. The number of unbranched alkanes of at least 4 members (excludes halogenated alkanes) is 1. The fourth-order valence-electron chi connectivity index (χ4n) is 3.42. The molecule has 0 fully saturated rings. The van der Waals surface area contributed by atoms with E-state index in [9.17, 15) is 4.79 Å². The molecule has 1 atom stereocenters. The van der Waals surface area contributed by atoms with Crippen LogP contribution < -0.4 is 15.4 Å². The number of pyridine rings is 1. The third-order valence-corrected chi connectivity index (χ3v) is 5.60. The number of aromatic nitrogens is 1. The molecule has 1 amide bonds. The Labute approximate surface area is 199 Å². The normalized spacial score (nSPS) is 15.7. The summed E-state index contributed by atoms with van der Waals surface area (Å²) < 4.78 is 5.87. The Morgan fingerprint density at radius 3 is 2.69 bits per heavy atom. The highest BCUT2D eigenvalue weighted by molar-refractivity contribution is 6.34. The second-order valence-corrected chi connectivity index (χ2v) is 8.70. The van der Waals surface area contributed by atoms with Crippen molar-refractivity contribution in [2.45, 2.75) is 33.1 Å². The van der Waals surface area contributed by atoms with E-state index in [2.05, 4.69) is 29.5 Å². The summed E-state index contributed by atoms with van der Waals surface area (Å²) in [5, 5.41) is 7.30. The van der Waals surface area contributed by atoms with Gasteiger partial charge in [-0.2, -0.15) is 0 Å². The molecule has 0 spiro atoms. The van der Waals surface area contributed by atoms with E-state index in [0.717, 1.165) is 43.6 Å². The number of hydrogen-bond acceptors (Lipinski definition) is 4. The second-order valence-electron chi connectivity index (χ2n) is 7.82. The molecule has 1 aliphatic rings. The summed E-state index contributed by atoms with van der Waals surface area (Å²) in [6, 6.07) is 10.6. The maximum Gasteiger partial charge on any atom is 0.251 e. The van der Waals surface area contributed by atoms with Gasteiger partial charge in [-0.15, -0.1) is 0 Å². The number of ether oxygens (including phenoxy) is 1. The molecule has 0 unspecified atom stereocenters. The highest BCUT2D eigenvalue weighted by Gasteiger charge is 2.20. The number of carbonyl (C=O) groups excluding carboxylic acids is 1. The Bertz CT molecular complexity index is 984. The predicted molar refractivity (Wildman–Crippen MR) is 131 cm³/mol. The number of carbonyl (C=O) groups is 1. The molecule has 5 nitrogen and oxygen atoms in total. The first-order valence-electron chi connectivity index (χ1n) is 11.0. The zero-order valence-electron chi connectivity index (χ0n) is 18.5. The van der Waals surface area contributed by atoms with Gasteiger partial charge in [0.2, 0.25) is 5.88 Å². The van der Waals surface area contributed by atoms with Crippen molar-refractivity contribution in [3.8, 4) is 11.6 Å². The maximum absolute atomic E-state index is 12.6. The number of rotatable bonds is 10. The van der Waals surface area contributed by atoms with Gasteiger partial charge in [0.1, 0.15) is 5.75 Å². The van der Waals surface area contributed by atoms with Crippen LogP contribution in [0, 0.1) is 5.92 Å². The molecule has 1 heterocycles. The van der Waals surface area contributed by atoms with Crippen molar-refractivity contribution in [2.24, 2.45) is 5.92 Å². The smallest absolute Gasteiger partial charge is 0.251 e. The molecule has 7 heteroatoms. The molecule has 1 aliphatic carbocycles. The van der Waals surface area contributed by atoms with Crippen LogP contribution in [0.15, 0.2) is 54.1 Å². The molecule has 32 heavy (non-hydrogen) atoms. The summed E-state index contributed by atoms with van der Waals surface area (Å²) in [4.78, 5) is 17.3. The summed E-state index contributed by atoms with van der Waals surface area (Å²) in [6.45, 7) is 6.62. The number of allylic oxidation sites excluding steroid dienone is 2. The topological polar surface area (TPSA) is 63.2 Å². The Balaban J connectivity index is 1.68. The minimum Gasteiger partial charge on any atom is -0.439 e. The fraction of sp³-hybridized carbons (Fsp3) is 0.360. The van der Waals surface area contributed by atoms with Crippen LogP contribution in [0.25, 0.3) is 5.57 Å². The van der Waals surface area contributed by atoms with Gasteiger partial charge in [0.25, 0.3) is 5.91 Å². The van der Waals surface area contributed by atoms with Crippen LogP contribution in [-0.2, 0) is 4.79 Å². The molecule has 1 aromatic heterocycles. The molecule has 2 N–H and O–H groups in total. The summed E-state index contributed by atoms with van der Waals surface area (Å²) in [5.41, 5.74) is 2.46. The van der Waals surface area contributed by atoms with Crippen molar-refractivity contribution in [1.82, 2.24) is 15.6 Å². The quantitative estimate of drug-likeness (QED) is 0.413. The third-order valence-electron chi connectivity index (χ3n) is 5.17. The molecule has 0 bridgehead atoms. The molecule has 0 saturated heterocycles. The average molecular weight is 474 g/mol. The lowest BCUT2D eigenvalue weighted by Crippen LogP contribution is -2.33. The van der Waals surface area contributed by atoms with Crippen molar-refractivity contribution >= 4 is 34.7 Å². The highest BCUT2D eigenvalue weighted by Crippen LogP contribution is 2.33. The lowest BCUT2D eigenvalue weighted by Gasteiger charge is -2.20. The lowest BCUT2D eigenvalue weighted by molar-refractivity contribution is -0.117. The SMILES string of the molecule is CCCCNCCNC(=O)C1=CC[C@H](C)C(c2cccc(Oc3cc(Cl)cc(Cl)c3)n2)=C1. The molecule has 0 aliphatic heterocycles. The van der Waals surface area contributed by atoms with E-state index in [0.29, 0.717) is 33.8 Å².